The molecule has 1 aromatic heterocycles. The van der Waals surface area contributed by atoms with Gasteiger partial charge in [-0.1, -0.05) is 13.8 Å². The van der Waals surface area contributed by atoms with E-state index in [0.717, 1.165) is 17.0 Å². The molecule has 0 aliphatic carbocycles. The van der Waals surface area contributed by atoms with Crippen molar-refractivity contribution in [2.24, 2.45) is 13.0 Å². The summed E-state index contributed by atoms with van der Waals surface area (Å²) in [5.74, 6) is 0.387. The molecule has 0 saturated carbocycles. The lowest BCUT2D eigenvalue weighted by molar-refractivity contribution is -0.121. The van der Waals surface area contributed by atoms with Gasteiger partial charge in [0.1, 0.15) is 5.78 Å². The van der Waals surface area contributed by atoms with Gasteiger partial charge in [0.05, 0.1) is 5.69 Å². The Kier molecular flexibility index (Phi) is 3.09. The van der Waals surface area contributed by atoms with Crippen molar-refractivity contribution in [1.29, 1.82) is 0 Å². The molecular weight excluding hydrogens is 176 g/mol. The van der Waals surface area contributed by atoms with Gasteiger partial charge in [-0.15, -0.1) is 0 Å². The van der Waals surface area contributed by atoms with Crippen molar-refractivity contribution < 1.29 is 4.79 Å². The minimum atomic E-state index is 0.106. The van der Waals surface area contributed by atoms with Crippen LogP contribution in [0.2, 0.25) is 0 Å². The first-order valence-corrected chi connectivity index (χ1v) is 4.95. The minimum Gasteiger partial charge on any atom is -0.299 e. The highest BCUT2D eigenvalue weighted by Gasteiger charge is 2.15. The smallest absolute Gasteiger partial charge is 0.139 e. The zero-order valence-corrected chi connectivity index (χ0v) is 9.59. The number of hydrogen-bond donors (Lipinski definition) is 0. The second-order valence-corrected chi connectivity index (χ2v) is 4.07. The molecule has 0 aliphatic rings. The average molecular weight is 194 g/mol. The summed E-state index contributed by atoms with van der Waals surface area (Å²) < 4.78 is 1.83. The summed E-state index contributed by atoms with van der Waals surface area (Å²) in [5, 5.41) is 4.29. The second kappa shape index (κ2) is 3.95. The lowest BCUT2D eigenvalue weighted by Crippen LogP contribution is -2.11. The zero-order chi connectivity index (χ0) is 10.9. The molecule has 78 valence electrons. The highest BCUT2D eigenvalue weighted by atomic mass is 16.1. The summed E-state index contributed by atoms with van der Waals surface area (Å²) in [7, 11) is 1.91. The Labute approximate surface area is 85.1 Å². The lowest BCUT2D eigenvalue weighted by atomic mass is 10.00. The lowest BCUT2D eigenvalue weighted by Gasteiger charge is -2.04. The Bertz CT molecular complexity index is 350. The maximum absolute atomic E-state index is 11.6. The highest BCUT2D eigenvalue weighted by molar-refractivity contribution is 5.83. The Morgan fingerprint density at radius 2 is 2.00 bits per heavy atom. The summed E-state index contributed by atoms with van der Waals surface area (Å²) in [6.45, 7) is 7.83. The maximum atomic E-state index is 11.6. The van der Waals surface area contributed by atoms with Gasteiger partial charge in [0, 0.05) is 30.6 Å². The number of aryl methyl sites for hydroxylation is 2. The monoisotopic (exact) mass is 194 g/mol. The Morgan fingerprint density at radius 1 is 1.43 bits per heavy atom. The summed E-state index contributed by atoms with van der Waals surface area (Å²) >= 11 is 0. The molecule has 1 heterocycles. The van der Waals surface area contributed by atoms with Crippen molar-refractivity contribution in [3.05, 3.63) is 17.0 Å². The molecular formula is C11H18N2O. The van der Waals surface area contributed by atoms with Crippen molar-refractivity contribution >= 4 is 5.78 Å². The van der Waals surface area contributed by atoms with Crippen LogP contribution in [0.25, 0.3) is 0 Å². The predicted octanol–water partition coefficient (Wildman–Crippen LogP) is 1.80. The van der Waals surface area contributed by atoms with Crippen molar-refractivity contribution in [2.45, 2.75) is 34.1 Å². The van der Waals surface area contributed by atoms with E-state index in [-0.39, 0.29) is 11.7 Å². The Balaban J connectivity index is 2.92. The van der Waals surface area contributed by atoms with Gasteiger partial charge in [0.2, 0.25) is 0 Å². The summed E-state index contributed by atoms with van der Waals surface area (Å²) in [4.78, 5) is 11.6. The molecule has 0 saturated heterocycles. The number of hydrogen-bond acceptors (Lipinski definition) is 2. The van der Waals surface area contributed by atoms with Crippen LogP contribution >= 0.6 is 0 Å². The molecule has 0 aromatic carbocycles. The Hall–Kier alpha value is -1.12. The van der Waals surface area contributed by atoms with E-state index in [2.05, 4.69) is 5.10 Å². The van der Waals surface area contributed by atoms with E-state index in [0.29, 0.717) is 6.42 Å². The normalized spacial score (nSPS) is 11.0. The molecule has 0 amide bonds. The number of carbonyl (C=O) groups is 1. The first kappa shape index (κ1) is 11.0. The highest BCUT2D eigenvalue weighted by Crippen LogP contribution is 2.14. The summed E-state index contributed by atoms with van der Waals surface area (Å²) in [6.07, 6.45) is 0.517. The van der Waals surface area contributed by atoms with E-state index in [1.54, 1.807) is 0 Å². The van der Waals surface area contributed by atoms with Gasteiger partial charge >= 0.3 is 0 Å². The average Bonchev–Trinajstić information content (AvgIpc) is 2.32. The maximum Gasteiger partial charge on any atom is 0.139 e. The third-order valence-electron chi connectivity index (χ3n) is 2.65. The van der Waals surface area contributed by atoms with Crippen LogP contribution in [-0.4, -0.2) is 15.6 Å². The SMILES string of the molecule is Cc1nn(C)c(C)c1CC(=O)C(C)C. The number of aromatic nitrogens is 2. The van der Waals surface area contributed by atoms with Gasteiger partial charge in [-0.3, -0.25) is 9.48 Å². The molecule has 0 fully saturated rings. The fourth-order valence-electron chi connectivity index (χ4n) is 1.45. The molecule has 0 radical (unpaired) electrons. The third-order valence-corrected chi connectivity index (χ3v) is 2.65. The summed E-state index contributed by atoms with van der Waals surface area (Å²) in [6, 6.07) is 0. The quantitative estimate of drug-likeness (QED) is 0.735. The van der Waals surface area contributed by atoms with E-state index in [1.807, 2.05) is 39.4 Å². The largest absolute Gasteiger partial charge is 0.299 e. The van der Waals surface area contributed by atoms with Crippen molar-refractivity contribution in [3.8, 4) is 0 Å². The van der Waals surface area contributed by atoms with Crippen LogP contribution in [0, 0.1) is 19.8 Å². The molecule has 0 N–H and O–H groups in total. The van der Waals surface area contributed by atoms with Crippen molar-refractivity contribution in [2.75, 3.05) is 0 Å². The van der Waals surface area contributed by atoms with E-state index < -0.39 is 0 Å². The standard InChI is InChI=1S/C11H18N2O/c1-7(2)11(14)6-10-8(3)12-13(5)9(10)4/h7H,6H2,1-5H3. The number of rotatable bonds is 3. The molecule has 3 heteroatoms. The molecule has 1 rings (SSSR count). The molecule has 14 heavy (non-hydrogen) atoms. The van der Waals surface area contributed by atoms with E-state index >= 15 is 0 Å². The second-order valence-electron chi connectivity index (χ2n) is 4.07. The van der Waals surface area contributed by atoms with Gasteiger partial charge in [-0.05, 0) is 13.8 Å². The molecule has 1 aromatic rings. The van der Waals surface area contributed by atoms with Crippen LogP contribution in [0.3, 0.4) is 0 Å². The van der Waals surface area contributed by atoms with E-state index in [4.69, 9.17) is 0 Å². The van der Waals surface area contributed by atoms with E-state index in [1.165, 1.54) is 0 Å². The summed E-state index contributed by atoms with van der Waals surface area (Å²) in [5.41, 5.74) is 3.15. The first-order valence-electron chi connectivity index (χ1n) is 4.95. The molecule has 0 spiro atoms. The van der Waals surface area contributed by atoms with Gasteiger partial charge < -0.3 is 0 Å². The van der Waals surface area contributed by atoms with Crippen LogP contribution in [-0.2, 0) is 18.3 Å². The molecule has 3 nitrogen and oxygen atoms in total. The zero-order valence-electron chi connectivity index (χ0n) is 9.59. The number of Topliss-reactive ketones (excluding diaryl/α,β-unsaturated/α-hetero) is 1. The van der Waals surface area contributed by atoms with Gasteiger partial charge in [-0.2, -0.15) is 5.10 Å². The van der Waals surface area contributed by atoms with E-state index in [9.17, 15) is 4.79 Å². The number of ketones is 1. The molecule has 0 aliphatic heterocycles. The van der Waals surface area contributed by atoms with Gasteiger partial charge in [0.15, 0.2) is 0 Å². The van der Waals surface area contributed by atoms with Crippen LogP contribution in [0.4, 0.5) is 0 Å². The first-order chi connectivity index (χ1) is 6.43. The fourth-order valence-corrected chi connectivity index (χ4v) is 1.45. The van der Waals surface area contributed by atoms with Crippen molar-refractivity contribution in [3.63, 3.8) is 0 Å². The number of nitrogens with zero attached hydrogens (tertiary/aromatic N) is 2. The molecule has 0 unspecified atom stereocenters. The Morgan fingerprint density at radius 3 is 2.36 bits per heavy atom. The van der Waals surface area contributed by atoms with Crippen LogP contribution < -0.4 is 0 Å². The van der Waals surface area contributed by atoms with Crippen molar-refractivity contribution in [1.82, 2.24) is 9.78 Å². The topological polar surface area (TPSA) is 34.9 Å². The van der Waals surface area contributed by atoms with Crippen LogP contribution in [0.15, 0.2) is 0 Å². The van der Waals surface area contributed by atoms with Gasteiger partial charge in [0.25, 0.3) is 0 Å². The van der Waals surface area contributed by atoms with Crippen LogP contribution in [0.1, 0.15) is 30.8 Å². The minimum absolute atomic E-state index is 0.106. The predicted molar refractivity (Wildman–Crippen MR) is 56.2 cm³/mol. The third kappa shape index (κ3) is 2.03. The van der Waals surface area contributed by atoms with Crippen LogP contribution in [0.5, 0.6) is 0 Å². The fraction of sp³-hybridized carbons (Fsp3) is 0.636. The molecule has 0 bridgehead atoms. The van der Waals surface area contributed by atoms with Gasteiger partial charge in [-0.25, -0.2) is 0 Å². The number of carbonyl (C=O) groups excluding carboxylic acids is 1. The molecule has 0 atom stereocenters.